The number of halogens is 1. The second kappa shape index (κ2) is 7.82. The van der Waals surface area contributed by atoms with Crippen LogP contribution in [0.1, 0.15) is 6.92 Å². The first-order valence-corrected chi connectivity index (χ1v) is 9.61. The molecule has 1 amide bonds. The average molecular weight is 407 g/mol. The number of anilines is 1. The van der Waals surface area contributed by atoms with Crippen molar-refractivity contribution in [2.75, 3.05) is 5.32 Å². The van der Waals surface area contributed by atoms with Crippen LogP contribution in [0.15, 0.2) is 60.1 Å². The summed E-state index contributed by atoms with van der Waals surface area (Å²) in [6, 6.07) is 7.92. The third kappa shape index (κ3) is 4.67. The normalized spacial score (nSPS) is 12.5. The number of carbonyl (C=O) groups excluding carboxylic acids is 1. The van der Waals surface area contributed by atoms with Gasteiger partial charge in [-0.1, -0.05) is 11.6 Å². The van der Waals surface area contributed by atoms with Crippen LogP contribution in [0.5, 0.6) is 0 Å². The summed E-state index contributed by atoms with van der Waals surface area (Å²) in [6.07, 6.45) is 4.31. The Kier molecular flexibility index (Phi) is 5.49. The van der Waals surface area contributed by atoms with Gasteiger partial charge in [0.25, 0.3) is 0 Å². The van der Waals surface area contributed by atoms with Crippen LogP contribution in [0, 0.1) is 0 Å². The molecule has 1 atom stereocenters. The molecule has 0 aliphatic carbocycles. The summed E-state index contributed by atoms with van der Waals surface area (Å²) in [7, 11) is -3.85. The van der Waals surface area contributed by atoms with Crippen LogP contribution in [0.4, 0.5) is 5.69 Å². The van der Waals surface area contributed by atoms with Crippen molar-refractivity contribution in [3.63, 3.8) is 0 Å². The van der Waals surface area contributed by atoms with Gasteiger partial charge in [0.15, 0.2) is 5.82 Å². The zero-order valence-electron chi connectivity index (χ0n) is 14.1. The average Bonchev–Trinajstić information content (AvgIpc) is 3.17. The third-order valence-corrected chi connectivity index (χ3v) is 5.33. The molecule has 3 aromatic rings. The molecule has 0 unspecified atom stereocenters. The molecular weight excluding hydrogens is 392 g/mol. The van der Waals surface area contributed by atoms with E-state index >= 15 is 0 Å². The standard InChI is InChI=1S/C16H15ClN6O3S/c1-11(22-27(25,26)14-5-2-12(17)3-6-14)16(24)21-13-4-7-15(19-8-13)23-10-18-9-20-23/h2-11,22H,1H3,(H,21,24)/t11-/m0/s1. The molecule has 9 nitrogen and oxygen atoms in total. The molecule has 11 heteroatoms. The van der Waals surface area contributed by atoms with Gasteiger partial charge < -0.3 is 5.32 Å². The third-order valence-electron chi connectivity index (χ3n) is 3.52. The fourth-order valence-electron chi connectivity index (χ4n) is 2.14. The Morgan fingerprint density at radius 3 is 2.52 bits per heavy atom. The van der Waals surface area contributed by atoms with Crippen molar-refractivity contribution in [3.05, 3.63) is 60.3 Å². The number of hydrogen-bond acceptors (Lipinski definition) is 6. The van der Waals surface area contributed by atoms with Crippen molar-refractivity contribution < 1.29 is 13.2 Å². The van der Waals surface area contributed by atoms with Gasteiger partial charge in [-0.15, -0.1) is 0 Å². The number of amides is 1. The predicted molar refractivity (Wildman–Crippen MR) is 99.0 cm³/mol. The summed E-state index contributed by atoms with van der Waals surface area (Å²) >= 11 is 5.76. The lowest BCUT2D eigenvalue weighted by atomic mass is 10.3. The number of rotatable bonds is 6. The van der Waals surface area contributed by atoms with Crippen molar-refractivity contribution in [2.24, 2.45) is 0 Å². The zero-order valence-corrected chi connectivity index (χ0v) is 15.6. The number of benzene rings is 1. The van der Waals surface area contributed by atoms with E-state index in [1.807, 2.05) is 0 Å². The van der Waals surface area contributed by atoms with Gasteiger partial charge in [-0.3, -0.25) is 4.79 Å². The fraction of sp³-hybridized carbons (Fsp3) is 0.125. The number of aromatic nitrogens is 4. The van der Waals surface area contributed by atoms with Crippen LogP contribution in [0.3, 0.4) is 0 Å². The first-order valence-electron chi connectivity index (χ1n) is 7.75. The maximum atomic E-state index is 12.3. The summed E-state index contributed by atoms with van der Waals surface area (Å²) in [5, 5.41) is 6.97. The summed E-state index contributed by atoms with van der Waals surface area (Å²) in [6.45, 7) is 1.44. The molecule has 140 valence electrons. The summed E-state index contributed by atoms with van der Waals surface area (Å²) in [4.78, 5) is 20.3. The van der Waals surface area contributed by atoms with Gasteiger partial charge in [0.2, 0.25) is 15.9 Å². The monoisotopic (exact) mass is 406 g/mol. The Labute approximate surface area is 160 Å². The lowest BCUT2D eigenvalue weighted by Gasteiger charge is -2.14. The minimum atomic E-state index is -3.85. The Hall–Kier alpha value is -2.82. The first-order chi connectivity index (χ1) is 12.8. The summed E-state index contributed by atoms with van der Waals surface area (Å²) < 4.78 is 28.4. The van der Waals surface area contributed by atoms with E-state index in [9.17, 15) is 13.2 Å². The SMILES string of the molecule is C[C@H](NS(=O)(=O)c1ccc(Cl)cc1)C(=O)Nc1ccc(-n2cncn2)nc1. The molecule has 0 spiro atoms. The van der Waals surface area contributed by atoms with Crippen molar-refractivity contribution in [2.45, 2.75) is 17.9 Å². The van der Waals surface area contributed by atoms with Crippen molar-refractivity contribution in [1.29, 1.82) is 0 Å². The van der Waals surface area contributed by atoms with E-state index in [-0.39, 0.29) is 4.90 Å². The van der Waals surface area contributed by atoms with Crippen LogP contribution < -0.4 is 10.0 Å². The van der Waals surface area contributed by atoms with E-state index in [2.05, 4.69) is 25.1 Å². The van der Waals surface area contributed by atoms with E-state index in [1.165, 1.54) is 54.7 Å². The topological polar surface area (TPSA) is 119 Å². The quantitative estimate of drug-likeness (QED) is 0.642. The molecule has 0 fully saturated rings. The molecule has 27 heavy (non-hydrogen) atoms. The molecule has 1 aromatic carbocycles. The second-order valence-corrected chi connectivity index (χ2v) is 7.68. The van der Waals surface area contributed by atoms with Gasteiger partial charge in [0, 0.05) is 5.02 Å². The molecule has 0 radical (unpaired) electrons. The maximum absolute atomic E-state index is 12.3. The largest absolute Gasteiger partial charge is 0.323 e. The molecule has 0 saturated carbocycles. The minimum Gasteiger partial charge on any atom is -0.323 e. The molecule has 0 saturated heterocycles. The van der Waals surface area contributed by atoms with E-state index in [0.717, 1.165) is 0 Å². The van der Waals surface area contributed by atoms with Gasteiger partial charge in [-0.25, -0.2) is 23.1 Å². The number of nitrogens with zero attached hydrogens (tertiary/aromatic N) is 4. The van der Waals surface area contributed by atoms with Crippen LogP contribution in [-0.4, -0.2) is 40.1 Å². The zero-order chi connectivity index (χ0) is 19.4. The Bertz CT molecular complexity index is 1020. The second-order valence-electron chi connectivity index (χ2n) is 5.53. The maximum Gasteiger partial charge on any atom is 0.242 e. The van der Waals surface area contributed by atoms with Crippen molar-refractivity contribution >= 4 is 33.2 Å². The van der Waals surface area contributed by atoms with Gasteiger partial charge in [-0.2, -0.15) is 9.82 Å². The van der Waals surface area contributed by atoms with Crippen LogP contribution >= 0.6 is 11.6 Å². The fourth-order valence-corrected chi connectivity index (χ4v) is 3.47. The number of pyridine rings is 1. The minimum absolute atomic E-state index is 0.0189. The molecule has 2 N–H and O–H groups in total. The van der Waals surface area contributed by atoms with Crippen molar-refractivity contribution in [1.82, 2.24) is 24.5 Å². The van der Waals surface area contributed by atoms with Crippen molar-refractivity contribution in [3.8, 4) is 5.82 Å². The van der Waals surface area contributed by atoms with Gasteiger partial charge in [0.1, 0.15) is 12.7 Å². The summed E-state index contributed by atoms with van der Waals surface area (Å²) in [5.74, 6) is 0.00447. The highest BCUT2D eigenvalue weighted by Gasteiger charge is 2.22. The number of hydrogen-bond donors (Lipinski definition) is 2. The first kappa shape index (κ1) is 19.0. The van der Waals surface area contributed by atoms with E-state index in [4.69, 9.17) is 11.6 Å². The number of sulfonamides is 1. The van der Waals surface area contributed by atoms with Gasteiger partial charge in [-0.05, 0) is 43.3 Å². The number of nitrogens with one attached hydrogen (secondary N) is 2. The van der Waals surface area contributed by atoms with E-state index in [1.54, 1.807) is 12.1 Å². The molecule has 0 bridgehead atoms. The van der Waals surface area contributed by atoms with Crippen LogP contribution in [0.2, 0.25) is 5.02 Å². The van der Waals surface area contributed by atoms with E-state index in [0.29, 0.717) is 16.5 Å². The predicted octanol–water partition coefficient (Wildman–Crippen LogP) is 1.62. The highest BCUT2D eigenvalue weighted by molar-refractivity contribution is 7.89. The molecule has 0 aliphatic heterocycles. The van der Waals surface area contributed by atoms with E-state index < -0.39 is 22.0 Å². The van der Waals surface area contributed by atoms with Gasteiger partial charge in [0.05, 0.1) is 22.8 Å². The smallest absolute Gasteiger partial charge is 0.242 e. The Balaban J connectivity index is 1.64. The molecule has 0 aliphatic rings. The Morgan fingerprint density at radius 2 is 1.93 bits per heavy atom. The number of carbonyl (C=O) groups is 1. The molecule has 2 heterocycles. The molecular formula is C16H15ClN6O3S. The highest BCUT2D eigenvalue weighted by atomic mass is 35.5. The highest BCUT2D eigenvalue weighted by Crippen LogP contribution is 2.15. The molecule has 3 rings (SSSR count). The summed E-state index contributed by atoms with van der Waals surface area (Å²) in [5.41, 5.74) is 0.418. The Morgan fingerprint density at radius 1 is 1.19 bits per heavy atom. The van der Waals surface area contributed by atoms with Crippen LogP contribution in [-0.2, 0) is 14.8 Å². The molecule has 2 aromatic heterocycles. The van der Waals surface area contributed by atoms with Gasteiger partial charge >= 0.3 is 0 Å². The van der Waals surface area contributed by atoms with Crippen LogP contribution in [0.25, 0.3) is 5.82 Å². The lowest BCUT2D eigenvalue weighted by molar-refractivity contribution is -0.117. The lowest BCUT2D eigenvalue weighted by Crippen LogP contribution is -2.41.